The molecule has 11 heavy (non-hydrogen) atoms. The molecule has 0 radical (unpaired) electrons. The lowest BCUT2D eigenvalue weighted by molar-refractivity contribution is 0.432. The lowest BCUT2D eigenvalue weighted by Gasteiger charge is -2.00. The second kappa shape index (κ2) is 3.37. The van der Waals surface area contributed by atoms with Crippen LogP contribution in [0.25, 0.3) is 0 Å². The number of hydrogen-bond donors (Lipinski definition) is 1. The monoisotopic (exact) mass is 157 g/mol. The van der Waals surface area contributed by atoms with Gasteiger partial charge in [-0.05, 0) is 13.3 Å². The molecule has 4 heteroatoms. The first-order valence-electron chi connectivity index (χ1n) is 3.59. The summed E-state index contributed by atoms with van der Waals surface area (Å²) in [4.78, 5) is 0. The number of nitrogens with zero attached hydrogens (tertiary/aromatic N) is 2. The van der Waals surface area contributed by atoms with Crippen LogP contribution >= 0.6 is 0 Å². The van der Waals surface area contributed by atoms with Crippen LogP contribution in [-0.4, -0.2) is 16.5 Å². The maximum atomic E-state index is 11.7. The van der Waals surface area contributed by atoms with Crippen LogP contribution in [0.15, 0.2) is 6.20 Å². The van der Waals surface area contributed by atoms with Gasteiger partial charge in [-0.1, -0.05) is 0 Å². The van der Waals surface area contributed by atoms with Gasteiger partial charge in [0.1, 0.15) is 0 Å². The summed E-state index contributed by atoms with van der Waals surface area (Å²) in [5.74, 6) is 0. The Bertz CT molecular complexity index is 232. The number of aryl methyl sites for hydroxylation is 1. The Labute approximate surface area is 65.0 Å². The molecule has 1 aromatic rings. The molecule has 0 spiro atoms. The molecule has 1 heterocycles. The van der Waals surface area contributed by atoms with Gasteiger partial charge in [0.05, 0.1) is 24.3 Å². The van der Waals surface area contributed by atoms with E-state index in [0.717, 1.165) is 5.69 Å². The topological polar surface area (TPSA) is 43.8 Å². The molecule has 0 amide bonds. The summed E-state index contributed by atoms with van der Waals surface area (Å²) in [6, 6.07) is 0. The first-order chi connectivity index (χ1) is 5.25. The van der Waals surface area contributed by atoms with E-state index in [0.29, 0.717) is 18.7 Å². The van der Waals surface area contributed by atoms with E-state index < -0.39 is 0 Å². The molecule has 0 aromatic carbocycles. The van der Waals surface area contributed by atoms with E-state index in [2.05, 4.69) is 5.10 Å². The molecule has 0 atom stereocenters. The fraction of sp³-hybridized carbons (Fsp3) is 0.571. The van der Waals surface area contributed by atoms with E-state index >= 15 is 0 Å². The third-order valence-electron chi connectivity index (χ3n) is 1.64. The van der Waals surface area contributed by atoms with E-state index in [4.69, 9.17) is 5.73 Å². The Morgan fingerprint density at radius 1 is 1.73 bits per heavy atom. The lowest BCUT2D eigenvalue weighted by Crippen LogP contribution is -2.03. The predicted octanol–water partition coefficient (Wildman–Crippen LogP) is 1.13. The van der Waals surface area contributed by atoms with E-state index in [1.165, 1.54) is 0 Å². The first-order valence-corrected chi connectivity index (χ1v) is 3.59. The number of hydrogen-bond acceptors (Lipinski definition) is 2. The normalized spacial score (nSPS) is 10.4. The molecular weight excluding hydrogens is 145 g/mol. The highest BCUT2D eigenvalue weighted by Gasteiger charge is 2.00. The molecule has 0 aliphatic carbocycles. The highest BCUT2D eigenvalue weighted by Crippen LogP contribution is 2.08. The number of alkyl halides is 1. The third kappa shape index (κ3) is 1.69. The number of halogens is 1. The average Bonchev–Trinajstić information content (AvgIpc) is 2.31. The van der Waals surface area contributed by atoms with E-state index in [-0.39, 0.29) is 6.67 Å². The molecule has 0 aliphatic heterocycles. The standard InChI is InChI=1S/C7H12FN3/c1-6-7(9)5-10-11(6)4-2-3-8/h5H,2-4,9H2,1H3. The lowest BCUT2D eigenvalue weighted by atomic mass is 10.4. The summed E-state index contributed by atoms with van der Waals surface area (Å²) in [6.07, 6.45) is 2.09. The minimum Gasteiger partial charge on any atom is -0.396 e. The molecule has 0 bridgehead atoms. The van der Waals surface area contributed by atoms with Gasteiger partial charge in [-0.15, -0.1) is 0 Å². The summed E-state index contributed by atoms with van der Waals surface area (Å²) in [6.45, 7) is 2.18. The van der Waals surface area contributed by atoms with Crippen molar-refractivity contribution in [2.75, 3.05) is 12.4 Å². The van der Waals surface area contributed by atoms with Crippen molar-refractivity contribution in [2.24, 2.45) is 0 Å². The van der Waals surface area contributed by atoms with Crippen LogP contribution < -0.4 is 5.73 Å². The zero-order valence-electron chi connectivity index (χ0n) is 6.55. The van der Waals surface area contributed by atoms with Crippen LogP contribution in [0, 0.1) is 6.92 Å². The van der Waals surface area contributed by atoms with Gasteiger partial charge in [0.25, 0.3) is 0 Å². The van der Waals surface area contributed by atoms with E-state index in [1.54, 1.807) is 10.9 Å². The van der Waals surface area contributed by atoms with Crippen molar-refractivity contribution >= 4 is 5.69 Å². The summed E-state index contributed by atoms with van der Waals surface area (Å²) < 4.78 is 13.5. The summed E-state index contributed by atoms with van der Waals surface area (Å²) in [5.41, 5.74) is 7.12. The van der Waals surface area contributed by atoms with Crippen molar-refractivity contribution in [3.8, 4) is 0 Å². The van der Waals surface area contributed by atoms with Gasteiger partial charge in [0.2, 0.25) is 0 Å². The van der Waals surface area contributed by atoms with E-state index in [1.807, 2.05) is 6.92 Å². The number of rotatable bonds is 3. The summed E-state index contributed by atoms with van der Waals surface area (Å²) >= 11 is 0. The second-order valence-electron chi connectivity index (χ2n) is 2.45. The van der Waals surface area contributed by atoms with Gasteiger partial charge in [0, 0.05) is 6.54 Å². The predicted molar refractivity (Wildman–Crippen MR) is 42.0 cm³/mol. The Morgan fingerprint density at radius 3 is 2.91 bits per heavy atom. The molecule has 2 N–H and O–H groups in total. The number of nitrogen functional groups attached to an aromatic ring is 1. The third-order valence-corrected chi connectivity index (χ3v) is 1.64. The first kappa shape index (κ1) is 8.04. The number of nitrogens with two attached hydrogens (primary N) is 1. The van der Waals surface area contributed by atoms with Crippen molar-refractivity contribution in [3.63, 3.8) is 0 Å². The van der Waals surface area contributed by atoms with Crippen molar-refractivity contribution in [1.82, 2.24) is 9.78 Å². The van der Waals surface area contributed by atoms with Gasteiger partial charge < -0.3 is 5.73 Å². The van der Waals surface area contributed by atoms with Crippen molar-refractivity contribution in [3.05, 3.63) is 11.9 Å². The Kier molecular flexibility index (Phi) is 2.46. The van der Waals surface area contributed by atoms with Crippen LogP contribution in [0.2, 0.25) is 0 Å². The van der Waals surface area contributed by atoms with Crippen molar-refractivity contribution < 1.29 is 4.39 Å². The van der Waals surface area contributed by atoms with Gasteiger partial charge in [-0.3, -0.25) is 9.07 Å². The van der Waals surface area contributed by atoms with Crippen LogP contribution in [0.1, 0.15) is 12.1 Å². The maximum Gasteiger partial charge on any atom is 0.0912 e. The molecular formula is C7H12FN3. The highest BCUT2D eigenvalue weighted by molar-refractivity contribution is 5.39. The highest BCUT2D eigenvalue weighted by atomic mass is 19.1. The maximum absolute atomic E-state index is 11.7. The second-order valence-corrected chi connectivity index (χ2v) is 2.45. The quantitative estimate of drug-likeness (QED) is 0.714. The van der Waals surface area contributed by atoms with Gasteiger partial charge >= 0.3 is 0 Å². The molecule has 0 fully saturated rings. The average molecular weight is 157 g/mol. The Balaban J connectivity index is 2.63. The Hall–Kier alpha value is -1.06. The zero-order valence-corrected chi connectivity index (χ0v) is 6.55. The minimum absolute atomic E-state index is 0.306. The minimum atomic E-state index is -0.306. The molecule has 0 unspecified atom stereocenters. The molecule has 1 aromatic heterocycles. The summed E-state index contributed by atoms with van der Waals surface area (Å²) in [7, 11) is 0. The van der Waals surface area contributed by atoms with E-state index in [9.17, 15) is 4.39 Å². The van der Waals surface area contributed by atoms with Crippen molar-refractivity contribution in [1.29, 1.82) is 0 Å². The fourth-order valence-electron chi connectivity index (χ4n) is 0.896. The molecule has 0 saturated carbocycles. The van der Waals surface area contributed by atoms with Crippen LogP contribution in [-0.2, 0) is 6.54 Å². The SMILES string of the molecule is Cc1c(N)cnn1CCCF. The molecule has 3 nitrogen and oxygen atoms in total. The van der Waals surface area contributed by atoms with Crippen LogP contribution in [0.3, 0.4) is 0 Å². The molecule has 0 aliphatic rings. The zero-order chi connectivity index (χ0) is 8.27. The largest absolute Gasteiger partial charge is 0.396 e. The molecule has 62 valence electrons. The number of anilines is 1. The molecule has 1 rings (SSSR count). The van der Waals surface area contributed by atoms with Gasteiger partial charge in [-0.25, -0.2) is 0 Å². The van der Waals surface area contributed by atoms with Crippen LogP contribution in [0.4, 0.5) is 10.1 Å². The van der Waals surface area contributed by atoms with Gasteiger partial charge in [-0.2, -0.15) is 5.10 Å². The smallest absolute Gasteiger partial charge is 0.0912 e. The fourth-order valence-corrected chi connectivity index (χ4v) is 0.896. The van der Waals surface area contributed by atoms with Crippen LogP contribution in [0.5, 0.6) is 0 Å². The van der Waals surface area contributed by atoms with Gasteiger partial charge in [0.15, 0.2) is 0 Å². The number of aromatic nitrogens is 2. The van der Waals surface area contributed by atoms with Crippen molar-refractivity contribution in [2.45, 2.75) is 19.9 Å². The molecule has 0 saturated heterocycles. The summed E-state index contributed by atoms with van der Waals surface area (Å²) in [5, 5.41) is 3.98. The Morgan fingerprint density at radius 2 is 2.45 bits per heavy atom.